The molecule has 1 N–H and O–H groups in total. The monoisotopic (exact) mass is 367 g/mol. The predicted octanol–water partition coefficient (Wildman–Crippen LogP) is 2.64. The Bertz CT molecular complexity index is 821. The molecule has 0 bridgehead atoms. The molecule has 0 unspecified atom stereocenters. The molecule has 1 aliphatic heterocycles. The number of rotatable bonds is 5. The van der Waals surface area contributed by atoms with Gasteiger partial charge in [0.2, 0.25) is 11.8 Å². The van der Waals surface area contributed by atoms with Crippen molar-refractivity contribution in [3.8, 4) is 5.75 Å². The molecule has 1 fully saturated rings. The van der Waals surface area contributed by atoms with E-state index in [4.69, 9.17) is 4.74 Å². The average Bonchev–Trinajstić information content (AvgIpc) is 3.34. The first-order valence-electron chi connectivity index (χ1n) is 9.53. The van der Waals surface area contributed by atoms with Gasteiger partial charge in [0.1, 0.15) is 12.3 Å². The molecule has 1 aromatic heterocycles. The number of hydrogen-bond donors (Lipinski definition) is 1. The number of carbonyl (C=O) groups is 2. The van der Waals surface area contributed by atoms with Crippen molar-refractivity contribution in [2.24, 2.45) is 0 Å². The highest BCUT2D eigenvalue weighted by Gasteiger charge is 2.38. The number of aromatic nitrogens is 1. The van der Waals surface area contributed by atoms with Crippen LogP contribution in [0.3, 0.4) is 0 Å². The molecule has 0 saturated heterocycles. The summed E-state index contributed by atoms with van der Waals surface area (Å²) in [6.45, 7) is 0.669. The number of nitrogens with one attached hydrogen (secondary N) is 1. The molecule has 1 aliphatic carbocycles. The van der Waals surface area contributed by atoms with E-state index < -0.39 is 6.04 Å². The van der Waals surface area contributed by atoms with Crippen molar-refractivity contribution in [3.63, 3.8) is 0 Å². The lowest BCUT2D eigenvalue weighted by Gasteiger charge is -2.36. The molecule has 0 spiro atoms. The number of fused-ring (bicyclic) bond motifs is 1. The van der Waals surface area contributed by atoms with Crippen LogP contribution in [0.2, 0.25) is 0 Å². The number of benzene rings is 1. The summed E-state index contributed by atoms with van der Waals surface area (Å²) < 4.78 is 7.08. The van der Waals surface area contributed by atoms with Gasteiger partial charge in [0, 0.05) is 18.8 Å². The van der Waals surface area contributed by atoms with E-state index in [-0.39, 0.29) is 24.4 Å². The van der Waals surface area contributed by atoms with E-state index in [1.807, 2.05) is 47.2 Å². The number of hydrogen-bond acceptors (Lipinski definition) is 3. The SMILES string of the molecule is COc1ccc(CN2C(=O)Cn3cccc3[C@@H]2C(=O)NC2CCCC2)cc1. The van der Waals surface area contributed by atoms with Crippen molar-refractivity contribution in [1.29, 1.82) is 0 Å². The maximum Gasteiger partial charge on any atom is 0.249 e. The Hall–Kier alpha value is -2.76. The number of nitrogens with zero attached hydrogens (tertiary/aromatic N) is 2. The molecule has 2 heterocycles. The topological polar surface area (TPSA) is 63.6 Å². The van der Waals surface area contributed by atoms with Gasteiger partial charge in [0.15, 0.2) is 6.04 Å². The smallest absolute Gasteiger partial charge is 0.249 e. The van der Waals surface area contributed by atoms with Crippen molar-refractivity contribution < 1.29 is 14.3 Å². The Labute approximate surface area is 159 Å². The Balaban J connectivity index is 1.60. The minimum atomic E-state index is -0.594. The molecule has 4 rings (SSSR count). The van der Waals surface area contributed by atoms with Crippen LogP contribution in [0.5, 0.6) is 5.75 Å². The van der Waals surface area contributed by atoms with E-state index in [1.165, 1.54) is 0 Å². The Morgan fingerprint density at radius 1 is 1.19 bits per heavy atom. The van der Waals surface area contributed by atoms with Gasteiger partial charge in [-0.15, -0.1) is 0 Å². The number of methoxy groups -OCH3 is 1. The highest BCUT2D eigenvalue weighted by atomic mass is 16.5. The van der Waals surface area contributed by atoms with Gasteiger partial charge in [-0.25, -0.2) is 0 Å². The van der Waals surface area contributed by atoms with Crippen molar-refractivity contribution in [2.75, 3.05) is 7.11 Å². The van der Waals surface area contributed by atoms with Crippen molar-refractivity contribution >= 4 is 11.8 Å². The molecule has 1 saturated carbocycles. The molecule has 1 atom stereocenters. The maximum atomic E-state index is 13.1. The highest BCUT2D eigenvalue weighted by molar-refractivity contribution is 5.90. The number of ether oxygens (including phenoxy) is 1. The molecule has 27 heavy (non-hydrogen) atoms. The third-order valence-corrected chi connectivity index (χ3v) is 5.54. The van der Waals surface area contributed by atoms with Gasteiger partial charge in [-0.2, -0.15) is 0 Å². The van der Waals surface area contributed by atoms with E-state index in [9.17, 15) is 9.59 Å². The van der Waals surface area contributed by atoms with Gasteiger partial charge in [-0.1, -0.05) is 25.0 Å². The molecule has 1 aromatic carbocycles. The Kier molecular flexibility index (Phi) is 4.88. The Morgan fingerprint density at radius 3 is 2.63 bits per heavy atom. The molecule has 2 aliphatic rings. The van der Waals surface area contributed by atoms with E-state index in [2.05, 4.69) is 5.32 Å². The summed E-state index contributed by atoms with van der Waals surface area (Å²) in [5, 5.41) is 3.17. The van der Waals surface area contributed by atoms with Crippen LogP contribution in [0.25, 0.3) is 0 Å². The summed E-state index contributed by atoms with van der Waals surface area (Å²) in [6, 6.07) is 11.1. The second-order valence-corrected chi connectivity index (χ2v) is 7.32. The van der Waals surface area contributed by atoms with Crippen LogP contribution < -0.4 is 10.1 Å². The lowest BCUT2D eigenvalue weighted by molar-refractivity contribution is -0.144. The minimum Gasteiger partial charge on any atom is -0.497 e. The normalized spacial score (nSPS) is 19.8. The zero-order valence-corrected chi connectivity index (χ0v) is 15.6. The number of carbonyl (C=O) groups excluding carboxylic acids is 2. The van der Waals surface area contributed by atoms with Crippen LogP contribution >= 0.6 is 0 Å². The van der Waals surface area contributed by atoms with Crippen LogP contribution in [0.1, 0.15) is 43.0 Å². The van der Waals surface area contributed by atoms with Crippen LogP contribution in [0, 0.1) is 0 Å². The fourth-order valence-electron chi connectivity index (χ4n) is 4.09. The summed E-state index contributed by atoms with van der Waals surface area (Å²) in [5.41, 5.74) is 1.85. The predicted molar refractivity (Wildman–Crippen MR) is 101 cm³/mol. The maximum absolute atomic E-state index is 13.1. The molecular formula is C21H25N3O3. The third-order valence-electron chi connectivity index (χ3n) is 5.54. The summed E-state index contributed by atoms with van der Waals surface area (Å²) >= 11 is 0. The lowest BCUT2D eigenvalue weighted by Crippen LogP contribution is -2.50. The van der Waals surface area contributed by atoms with Gasteiger partial charge < -0.3 is 19.5 Å². The van der Waals surface area contributed by atoms with E-state index in [1.54, 1.807) is 12.0 Å². The molecule has 0 radical (unpaired) electrons. The van der Waals surface area contributed by atoms with Gasteiger partial charge in [0.25, 0.3) is 0 Å². The van der Waals surface area contributed by atoms with Crippen molar-refractivity contribution in [2.45, 2.75) is 50.9 Å². The first-order valence-corrected chi connectivity index (χ1v) is 9.53. The standard InChI is InChI=1S/C21H25N3O3/c1-27-17-10-8-15(9-11-17)13-24-19(25)14-23-12-4-7-18(23)20(24)21(26)22-16-5-2-3-6-16/h4,7-12,16,20H,2-3,5-6,13-14H2,1H3,(H,22,26)/t20-/m1/s1. The summed E-state index contributed by atoms with van der Waals surface area (Å²) in [4.78, 5) is 27.7. The Morgan fingerprint density at radius 2 is 1.93 bits per heavy atom. The average molecular weight is 367 g/mol. The van der Waals surface area contributed by atoms with Crippen LogP contribution in [-0.4, -0.2) is 34.4 Å². The van der Waals surface area contributed by atoms with E-state index in [0.717, 1.165) is 42.7 Å². The van der Waals surface area contributed by atoms with Crippen LogP contribution in [0.15, 0.2) is 42.6 Å². The van der Waals surface area contributed by atoms with Crippen molar-refractivity contribution in [3.05, 3.63) is 53.9 Å². The second-order valence-electron chi connectivity index (χ2n) is 7.32. The van der Waals surface area contributed by atoms with Gasteiger partial charge in [-0.05, 0) is 42.7 Å². The highest BCUT2D eigenvalue weighted by Crippen LogP contribution is 2.30. The minimum absolute atomic E-state index is 0.0407. The molecule has 6 heteroatoms. The molecule has 6 nitrogen and oxygen atoms in total. The molecule has 2 amide bonds. The van der Waals surface area contributed by atoms with Crippen LogP contribution in [-0.2, 0) is 22.7 Å². The first kappa shape index (κ1) is 17.6. The number of amides is 2. The molecule has 142 valence electrons. The quantitative estimate of drug-likeness (QED) is 0.884. The largest absolute Gasteiger partial charge is 0.497 e. The van der Waals surface area contributed by atoms with E-state index >= 15 is 0 Å². The van der Waals surface area contributed by atoms with Crippen LogP contribution in [0.4, 0.5) is 0 Å². The third kappa shape index (κ3) is 3.56. The van der Waals surface area contributed by atoms with E-state index in [0.29, 0.717) is 6.54 Å². The second kappa shape index (κ2) is 7.47. The summed E-state index contributed by atoms with van der Waals surface area (Å²) in [6.07, 6.45) is 6.21. The lowest BCUT2D eigenvalue weighted by atomic mass is 10.1. The molecular weight excluding hydrogens is 342 g/mol. The van der Waals surface area contributed by atoms with Crippen molar-refractivity contribution in [1.82, 2.24) is 14.8 Å². The van der Waals surface area contributed by atoms with Gasteiger partial charge in [-0.3, -0.25) is 9.59 Å². The first-order chi connectivity index (χ1) is 13.2. The fraction of sp³-hybridized carbons (Fsp3) is 0.429. The summed E-state index contributed by atoms with van der Waals surface area (Å²) in [5.74, 6) is 0.651. The summed E-state index contributed by atoms with van der Waals surface area (Å²) in [7, 11) is 1.63. The van der Waals surface area contributed by atoms with Gasteiger partial charge in [0.05, 0.1) is 12.8 Å². The zero-order chi connectivity index (χ0) is 18.8. The molecule has 2 aromatic rings. The fourth-order valence-corrected chi connectivity index (χ4v) is 4.09. The zero-order valence-electron chi connectivity index (χ0n) is 15.6. The van der Waals surface area contributed by atoms with Gasteiger partial charge >= 0.3 is 0 Å².